The third kappa shape index (κ3) is 5.06. The Morgan fingerprint density at radius 1 is 1.00 bits per heavy atom. The lowest BCUT2D eigenvalue weighted by molar-refractivity contribution is 0.0954. The Morgan fingerprint density at radius 2 is 1.64 bits per heavy atom. The molecule has 3 rings (SSSR count). The van der Waals surface area contributed by atoms with E-state index in [4.69, 9.17) is 0 Å². The highest BCUT2D eigenvalue weighted by Gasteiger charge is 2.13. The first-order chi connectivity index (χ1) is 12.1. The van der Waals surface area contributed by atoms with E-state index < -0.39 is 0 Å². The number of anilines is 1. The third-order valence-corrected chi connectivity index (χ3v) is 5.14. The van der Waals surface area contributed by atoms with Gasteiger partial charge in [-0.3, -0.25) is 4.79 Å². The van der Waals surface area contributed by atoms with Crippen LogP contribution in [0.25, 0.3) is 0 Å². The van der Waals surface area contributed by atoms with Gasteiger partial charge in [0.1, 0.15) is 0 Å². The molecule has 2 aromatic carbocycles. The lowest BCUT2D eigenvalue weighted by Crippen LogP contribution is -2.44. The normalized spacial score (nSPS) is 15.2. The van der Waals surface area contributed by atoms with E-state index >= 15 is 0 Å². The molecule has 0 aromatic heterocycles. The van der Waals surface area contributed by atoms with E-state index in [1.54, 1.807) is 0 Å². The number of nitrogens with zero attached hydrogens (tertiary/aromatic N) is 2. The zero-order valence-electron chi connectivity index (χ0n) is 14.5. The van der Waals surface area contributed by atoms with E-state index in [0.29, 0.717) is 12.1 Å². The first-order valence-electron chi connectivity index (χ1n) is 8.68. The van der Waals surface area contributed by atoms with Crippen molar-refractivity contribution in [2.75, 3.05) is 44.7 Å². The summed E-state index contributed by atoms with van der Waals surface area (Å²) in [4.78, 5) is 16.9. The second-order valence-electron chi connectivity index (χ2n) is 6.47. The smallest absolute Gasteiger partial charge is 0.251 e. The number of piperazine rings is 1. The van der Waals surface area contributed by atoms with Gasteiger partial charge in [0.05, 0.1) is 0 Å². The zero-order valence-corrected chi connectivity index (χ0v) is 16.1. The van der Waals surface area contributed by atoms with E-state index in [1.165, 1.54) is 11.3 Å². The SMILES string of the molecule is CN1CCN(c2ccc(CCNC(=O)c3ccc(Br)cc3)cc2)CC1. The van der Waals surface area contributed by atoms with Crippen LogP contribution in [0.3, 0.4) is 0 Å². The molecule has 0 atom stereocenters. The van der Waals surface area contributed by atoms with Gasteiger partial charge in [0.15, 0.2) is 0 Å². The quantitative estimate of drug-likeness (QED) is 0.835. The van der Waals surface area contributed by atoms with Gasteiger partial charge in [-0.15, -0.1) is 0 Å². The molecule has 0 bridgehead atoms. The average molecular weight is 402 g/mol. The van der Waals surface area contributed by atoms with Gasteiger partial charge in [-0.2, -0.15) is 0 Å². The van der Waals surface area contributed by atoms with Crippen molar-refractivity contribution in [3.05, 3.63) is 64.1 Å². The molecule has 132 valence electrons. The number of rotatable bonds is 5. The molecule has 5 heteroatoms. The van der Waals surface area contributed by atoms with Crippen molar-refractivity contribution < 1.29 is 4.79 Å². The van der Waals surface area contributed by atoms with Gasteiger partial charge in [-0.25, -0.2) is 0 Å². The molecule has 1 N–H and O–H groups in total. The fraction of sp³-hybridized carbons (Fsp3) is 0.350. The molecule has 1 aliphatic rings. The number of carbonyl (C=O) groups is 1. The Hall–Kier alpha value is -1.85. The van der Waals surface area contributed by atoms with Crippen LogP contribution in [0.15, 0.2) is 53.0 Å². The van der Waals surface area contributed by atoms with Crippen LogP contribution in [0.2, 0.25) is 0 Å². The Kier molecular flexibility index (Phi) is 6.10. The molecular formula is C20H24BrN3O. The van der Waals surface area contributed by atoms with E-state index in [0.717, 1.165) is 37.1 Å². The minimum atomic E-state index is -0.0263. The fourth-order valence-electron chi connectivity index (χ4n) is 2.96. The van der Waals surface area contributed by atoms with Crippen LogP contribution >= 0.6 is 15.9 Å². The monoisotopic (exact) mass is 401 g/mol. The molecule has 0 radical (unpaired) electrons. The van der Waals surface area contributed by atoms with Gasteiger partial charge in [0, 0.05) is 48.4 Å². The standard InChI is InChI=1S/C20H24BrN3O/c1-23-12-14-24(15-13-23)19-8-2-16(3-9-19)10-11-22-20(25)17-4-6-18(21)7-5-17/h2-9H,10-15H2,1H3,(H,22,25). The Morgan fingerprint density at radius 3 is 2.28 bits per heavy atom. The first-order valence-corrected chi connectivity index (χ1v) is 9.47. The van der Waals surface area contributed by atoms with E-state index in [-0.39, 0.29) is 5.91 Å². The van der Waals surface area contributed by atoms with Crippen LogP contribution in [0.5, 0.6) is 0 Å². The zero-order chi connectivity index (χ0) is 17.6. The summed E-state index contributed by atoms with van der Waals surface area (Å²) in [6.07, 6.45) is 0.839. The maximum atomic E-state index is 12.1. The molecule has 0 spiro atoms. The molecule has 1 fully saturated rings. The molecule has 1 aliphatic heterocycles. The van der Waals surface area contributed by atoms with Crippen molar-refractivity contribution >= 4 is 27.5 Å². The molecule has 1 heterocycles. The number of hydrogen-bond donors (Lipinski definition) is 1. The summed E-state index contributed by atoms with van der Waals surface area (Å²) in [6, 6.07) is 16.1. The van der Waals surface area contributed by atoms with Gasteiger partial charge < -0.3 is 15.1 Å². The summed E-state index contributed by atoms with van der Waals surface area (Å²) in [5.74, 6) is -0.0263. The van der Waals surface area contributed by atoms with Gasteiger partial charge in [-0.05, 0) is 55.4 Å². The molecule has 1 amide bonds. The van der Waals surface area contributed by atoms with E-state index in [1.807, 2.05) is 24.3 Å². The van der Waals surface area contributed by atoms with Crippen LogP contribution in [0.4, 0.5) is 5.69 Å². The number of likely N-dealkylation sites (N-methyl/N-ethyl adjacent to an activating group) is 1. The van der Waals surface area contributed by atoms with Crippen molar-refractivity contribution in [2.45, 2.75) is 6.42 Å². The summed E-state index contributed by atoms with van der Waals surface area (Å²) in [6.45, 7) is 5.04. The molecule has 25 heavy (non-hydrogen) atoms. The predicted molar refractivity (Wildman–Crippen MR) is 106 cm³/mol. The highest BCUT2D eigenvalue weighted by atomic mass is 79.9. The fourth-order valence-corrected chi connectivity index (χ4v) is 3.23. The van der Waals surface area contributed by atoms with Crippen LogP contribution in [0, 0.1) is 0 Å². The average Bonchev–Trinajstić information content (AvgIpc) is 2.63. The number of amides is 1. The second-order valence-corrected chi connectivity index (χ2v) is 7.39. The largest absolute Gasteiger partial charge is 0.369 e. The van der Waals surface area contributed by atoms with Crippen molar-refractivity contribution in [2.24, 2.45) is 0 Å². The molecule has 0 saturated carbocycles. The number of benzene rings is 2. The Balaban J connectivity index is 1.47. The Bertz CT molecular complexity index is 692. The maximum absolute atomic E-state index is 12.1. The van der Waals surface area contributed by atoms with E-state index in [9.17, 15) is 4.79 Å². The molecule has 2 aromatic rings. The summed E-state index contributed by atoms with van der Waals surface area (Å²) < 4.78 is 0.976. The lowest BCUT2D eigenvalue weighted by atomic mass is 10.1. The van der Waals surface area contributed by atoms with Gasteiger partial charge >= 0.3 is 0 Å². The number of hydrogen-bond acceptors (Lipinski definition) is 3. The summed E-state index contributed by atoms with van der Waals surface area (Å²) in [7, 11) is 2.17. The number of halogens is 1. The molecule has 0 unspecified atom stereocenters. The highest BCUT2D eigenvalue weighted by Crippen LogP contribution is 2.17. The Labute approximate surface area is 158 Å². The topological polar surface area (TPSA) is 35.6 Å². The van der Waals surface area contributed by atoms with Gasteiger partial charge in [0.25, 0.3) is 5.91 Å². The maximum Gasteiger partial charge on any atom is 0.251 e. The van der Waals surface area contributed by atoms with Crippen molar-refractivity contribution in [1.82, 2.24) is 10.2 Å². The van der Waals surface area contributed by atoms with Crippen LogP contribution < -0.4 is 10.2 Å². The minimum absolute atomic E-state index is 0.0263. The summed E-state index contributed by atoms with van der Waals surface area (Å²) in [5, 5.41) is 2.98. The number of carbonyl (C=O) groups excluding carboxylic acids is 1. The van der Waals surface area contributed by atoms with Crippen LogP contribution in [0.1, 0.15) is 15.9 Å². The van der Waals surface area contributed by atoms with Gasteiger partial charge in [0.2, 0.25) is 0 Å². The number of nitrogens with one attached hydrogen (secondary N) is 1. The molecule has 0 aliphatic carbocycles. The molecule has 1 saturated heterocycles. The van der Waals surface area contributed by atoms with Crippen molar-refractivity contribution in [3.8, 4) is 0 Å². The predicted octanol–water partition coefficient (Wildman–Crippen LogP) is 3.17. The molecule has 4 nitrogen and oxygen atoms in total. The first kappa shape index (κ1) is 18.0. The third-order valence-electron chi connectivity index (χ3n) is 4.61. The van der Waals surface area contributed by atoms with Crippen LogP contribution in [-0.4, -0.2) is 50.6 Å². The van der Waals surface area contributed by atoms with Crippen LogP contribution in [-0.2, 0) is 6.42 Å². The van der Waals surface area contributed by atoms with Crippen molar-refractivity contribution in [3.63, 3.8) is 0 Å². The summed E-state index contributed by atoms with van der Waals surface area (Å²) in [5.41, 5.74) is 3.22. The van der Waals surface area contributed by atoms with E-state index in [2.05, 4.69) is 62.4 Å². The second kappa shape index (κ2) is 8.50. The van der Waals surface area contributed by atoms with Crippen molar-refractivity contribution in [1.29, 1.82) is 0 Å². The highest BCUT2D eigenvalue weighted by molar-refractivity contribution is 9.10. The lowest BCUT2D eigenvalue weighted by Gasteiger charge is -2.34. The summed E-state index contributed by atoms with van der Waals surface area (Å²) >= 11 is 3.38. The minimum Gasteiger partial charge on any atom is -0.369 e. The van der Waals surface area contributed by atoms with Gasteiger partial charge in [-0.1, -0.05) is 28.1 Å². The molecular weight excluding hydrogens is 378 g/mol.